The number of amides is 1. The van der Waals surface area contributed by atoms with Crippen molar-refractivity contribution >= 4 is 23.4 Å². The summed E-state index contributed by atoms with van der Waals surface area (Å²) < 4.78 is 10.7. The molecule has 0 spiro atoms. The highest BCUT2D eigenvalue weighted by atomic mass is 32.2. The average molecular weight is 343 g/mol. The quantitative estimate of drug-likeness (QED) is 0.830. The number of methoxy groups -OCH3 is 2. The molecule has 126 valence electrons. The zero-order valence-corrected chi connectivity index (χ0v) is 14.9. The van der Waals surface area contributed by atoms with Gasteiger partial charge in [0.2, 0.25) is 5.91 Å². The third-order valence-corrected chi connectivity index (χ3v) is 5.50. The Morgan fingerprint density at radius 2 is 1.88 bits per heavy atom. The summed E-state index contributed by atoms with van der Waals surface area (Å²) in [6.07, 6.45) is 0.461. The van der Waals surface area contributed by atoms with Crippen molar-refractivity contribution in [1.82, 2.24) is 0 Å². The molecule has 1 unspecified atom stereocenters. The molecule has 2 aromatic carbocycles. The van der Waals surface area contributed by atoms with E-state index in [9.17, 15) is 4.79 Å². The minimum Gasteiger partial charge on any atom is -0.493 e. The van der Waals surface area contributed by atoms with Gasteiger partial charge in [0, 0.05) is 23.1 Å². The lowest BCUT2D eigenvalue weighted by Crippen LogP contribution is -2.30. The van der Waals surface area contributed by atoms with Crippen LogP contribution in [0.3, 0.4) is 0 Å². The van der Waals surface area contributed by atoms with Gasteiger partial charge in [0.15, 0.2) is 11.5 Å². The fourth-order valence-electron chi connectivity index (χ4n) is 2.96. The number of thioether (sulfide) groups is 1. The van der Waals surface area contributed by atoms with Crippen molar-refractivity contribution in [2.75, 3.05) is 25.7 Å². The summed E-state index contributed by atoms with van der Waals surface area (Å²) in [5.41, 5.74) is 2.07. The molecule has 1 aliphatic heterocycles. The molecule has 2 aromatic rings. The van der Waals surface area contributed by atoms with Crippen LogP contribution in [-0.2, 0) is 4.79 Å². The lowest BCUT2D eigenvalue weighted by Gasteiger charge is -2.20. The molecule has 24 heavy (non-hydrogen) atoms. The van der Waals surface area contributed by atoms with Gasteiger partial charge in [-0.2, -0.15) is 0 Å². The van der Waals surface area contributed by atoms with E-state index < -0.39 is 0 Å². The van der Waals surface area contributed by atoms with Gasteiger partial charge in [-0.25, -0.2) is 0 Å². The van der Waals surface area contributed by atoms with E-state index in [-0.39, 0.29) is 11.2 Å². The van der Waals surface area contributed by atoms with Crippen LogP contribution in [0.15, 0.2) is 47.4 Å². The van der Waals surface area contributed by atoms with Crippen LogP contribution in [0.4, 0.5) is 5.69 Å². The molecule has 0 saturated carbocycles. The first-order valence-corrected chi connectivity index (χ1v) is 8.83. The summed E-state index contributed by atoms with van der Waals surface area (Å²) in [7, 11) is 3.25. The van der Waals surface area contributed by atoms with Crippen LogP contribution in [0.25, 0.3) is 0 Å². The standard InChI is InChI=1S/C19H21NO3S/c1-4-20-14-7-5-6-8-17(14)24-18(12-19(20)21)13-9-10-15(22-2)16(11-13)23-3/h5-11,18H,4,12H2,1-3H3. The number of para-hydroxylation sites is 1. The van der Waals surface area contributed by atoms with Gasteiger partial charge in [0.1, 0.15) is 0 Å². The summed E-state index contributed by atoms with van der Waals surface area (Å²) in [5, 5.41) is 0.0509. The zero-order valence-electron chi connectivity index (χ0n) is 14.1. The molecule has 1 heterocycles. The monoisotopic (exact) mass is 343 g/mol. The van der Waals surface area contributed by atoms with Crippen LogP contribution >= 0.6 is 11.8 Å². The molecule has 0 N–H and O–H groups in total. The van der Waals surface area contributed by atoms with Crippen LogP contribution in [0.2, 0.25) is 0 Å². The molecule has 0 aliphatic carbocycles. The molecule has 3 rings (SSSR count). The fraction of sp³-hybridized carbons (Fsp3) is 0.316. The number of anilines is 1. The summed E-state index contributed by atoms with van der Waals surface area (Å²) in [4.78, 5) is 15.7. The van der Waals surface area contributed by atoms with Crippen LogP contribution in [0.1, 0.15) is 24.2 Å². The second kappa shape index (κ2) is 7.18. The first-order valence-electron chi connectivity index (χ1n) is 7.96. The number of hydrogen-bond acceptors (Lipinski definition) is 4. The topological polar surface area (TPSA) is 38.8 Å². The molecular formula is C19H21NO3S. The van der Waals surface area contributed by atoms with Crippen LogP contribution in [-0.4, -0.2) is 26.7 Å². The molecule has 4 nitrogen and oxygen atoms in total. The SMILES string of the molecule is CCN1C(=O)CC(c2ccc(OC)c(OC)c2)Sc2ccccc21. The van der Waals surface area contributed by atoms with E-state index in [4.69, 9.17) is 9.47 Å². The van der Waals surface area contributed by atoms with Gasteiger partial charge in [-0.3, -0.25) is 4.79 Å². The molecule has 1 amide bonds. The Morgan fingerprint density at radius 3 is 2.58 bits per heavy atom. The van der Waals surface area contributed by atoms with E-state index in [1.54, 1.807) is 26.0 Å². The maximum Gasteiger partial charge on any atom is 0.228 e. The first kappa shape index (κ1) is 16.7. The number of benzene rings is 2. The van der Waals surface area contributed by atoms with Gasteiger partial charge in [0.05, 0.1) is 19.9 Å². The van der Waals surface area contributed by atoms with Gasteiger partial charge < -0.3 is 14.4 Å². The third kappa shape index (κ3) is 3.08. The summed E-state index contributed by atoms with van der Waals surface area (Å²) >= 11 is 1.73. The van der Waals surface area contributed by atoms with E-state index in [2.05, 4.69) is 6.07 Å². The molecule has 0 aromatic heterocycles. The average Bonchev–Trinajstić information content (AvgIpc) is 2.76. The van der Waals surface area contributed by atoms with Gasteiger partial charge in [0.25, 0.3) is 0 Å². The lowest BCUT2D eigenvalue weighted by molar-refractivity contribution is -0.118. The van der Waals surface area contributed by atoms with E-state index >= 15 is 0 Å². The van der Waals surface area contributed by atoms with Crippen molar-refractivity contribution in [2.45, 2.75) is 23.5 Å². The number of fused-ring (bicyclic) bond motifs is 1. The number of rotatable bonds is 4. The molecule has 0 radical (unpaired) electrons. The highest BCUT2D eigenvalue weighted by Crippen LogP contribution is 2.46. The first-order chi connectivity index (χ1) is 11.7. The van der Waals surface area contributed by atoms with Gasteiger partial charge in [-0.05, 0) is 36.8 Å². The fourth-order valence-corrected chi connectivity index (χ4v) is 4.23. The minimum atomic E-state index is 0.0509. The van der Waals surface area contributed by atoms with Crippen molar-refractivity contribution in [1.29, 1.82) is 0 Å². The van der Waals surface area contributed by atoms with Crippen molar-refractivity contribution in [3.05, 3.63) is 48.0 Å². The maximum absolute atomic E-state index is 12.7. The van der Waals surface area contributed by atoms with E-state index in [0.717, 1.165) is 16.1 Å². The molecule has 0 saturated heterocycles. The normalized spacial score (nSPS) is 17.2. The largest absolute Gasteiger partial charge is 0.493 e. The van der Waals surface area contributed by atoms with Gasteiger partial charge in [-0.15, -0.1) is 11.8 Å². The summed E-state index contributed by atoms with van der Waals surface area (Å²) in [6.45, 7) is 2.69. The predicted molar refractivity (Wildman–Crippen MR) is 97.2 cm³/mol. The highest BCUT2D eigenvalue weighted by molar-refractivity contribution is 7.99. The minimum absolute atomic E-state index is 0.0509. The second-order valence-corrected chi connectivity index (χ2v) is 6.78. The van der Waals surface area contributed by atoms with E-state index in [0.29, 0.717) is 24.5 Å². The van der Waals surface area contributed by atoms with Gasteiger partial charge in [-0.1, -0.05) is 18.2 Å². The Labute approximate surface area is 146 Å². The third-order valence-electron chi connectivity index (χ3n) is 4.18. The van der Waals surface area contributed by atoms with E-state index in [1.165, 1.54) is 0 Å². The number of carbonyl (C=O) groups excluding carboxylic acids is 1. The Morgan fingerprint density at radius 1 is 1.12 bits per heavy atom. The number of hydrogen-bond donors (Lipinski definition) is 0. The van der Waals surface area contributed by atoms with Crippen molar-refractivity contribution in [2.24, 2.45) is 0 Å². The number of carbonyl (C=O) groups is 1. The summed E-state index contributed by atoms with van der Waals surface area (Å²) in [6, 6.07) is 14.0. The number of ether oxygens (including phenoxy) is 2. The second-order valence-electron chi connectivity index (χ2n) is 5.53. The lowest BCUT2D eigenvalue weighted by atomic mass is 10.1. The Hall–Kier alpha value is -2.14. The maximum atomic E-state index is 12.7. The molecule has 0 bridgehead atoms. The van der Waals surface area contributed by atoms with Crippen LogP contribution in [0, 0.1) is 0 Å². The number of nitrogens with zero attached hydrogens (tertiary/aromatic N) is 1. The molecule has 1 aliphatic rings. The molecule has 5 heteroatoms. The smallest absolute Gasteiger partial charge is 0.228 e. The zero-order chi connectivity index (χ0) is 17.1. The molecule has 1 atom stereocenters. The van der Waals surface area contributed by atoms with Crippen molar-refractivity contribution < 1.29 is 14.3 Å². The predicted octanol–water partition coefficient (Wildman–Crippen LogP) is 4.29. The Bertz CT molecular complexity index is 747. The van der Waals surface area contributed by atoms with E-state index in [1.807, 2.05) is 48.2 Å². The molecular weight excluding hydrogens is 322 g/mol. The highest BCUT2D eigenvalue weighted by Gasteiger charge is 2.28. The Kier molecular flexibility index (Phi) is 5.00. The Balaban J connectivity index is 2.00. The van der Waals surface area contributed by atoms with Gasteiger partial charge >= 0.3 is 0 Å². The van der Waals surface area contributed by atoms with Crippen LogP contribution in [0.5, 0.6) is 11.5 Å². The van der Waals surface area contributed by atoms with Crippen molar-refractivity contribution in [3.8, 4) is 11.5 Å². The van der Waals surface area contributed by atoms with Crippen LogP contribution < -0.4 is 14.4 Å². The van der Waals surface area contributed by atoms with Crippen molar-refractivity contribution in [3.63, 3.8) is 0 Å². The summed E-state index contributed by atoms with van der Waals surface area (Å²) in [5.74, 6) is 1.53. The molecule has 0 fully saturated rings.